The minimum atomic E-state index is 0.892. The van der Waals surface area contributed by atoms with Gasteiger partial charge in [-0.3, -0.25) is 0 Å². The molecule has 9 heavy (non-hydrogen) atoms. The number of rotatable bonds is 6. The zero-order valence-electron chi connectivity index (χ0n) is 6.36. The fraction of sp³-hybridized carbons (Fsp3) is 1.00. The summed E-state index contributed by atoms with van der Waals surface area (Å²) in [6.45, 7) is 4.98. The average molecular weight is 132 g/mol. The minimum Gasteiger partial charge on any atom is -0.381 e. The van der Waals surface area contributed by atoms with Gasteiger partial charge in [0.25, 0.3) is 0 Å². The lowest BCUT2D eigenvalue weighted by Gasteiger charge is -1.98. The molecule has 0 aromatic carbocycles. The van der Waals surface area contributed by atoms with E-state index in [-0.39, 0.29) is 0 Å². The first-order chi connectivity index (χ1) is 4.41. The minimum absolute atomic E-state index is 0.892. The Morgan fingerprint density at radius 3 is 2.44 bits per heavy atom. The molecular weight excluding hydrogens is 114 g/mol. The van der Waals surface area contributed by atoms with Crippen LogP contribution in [0.2, 0.25) is 0 Å². The van der Waals surface area contributed by atoms with Crippen LogP contribution in [0.3, 0.4) is 0 Å². The molecule has 0 aromatic heterocycles. The maximum atomic E-state index is 5.27. The second-order valence-electron chi connectivity index (χ2n) is 2.17. The van der Waals surface area contributed by atoms with Crippen LogP contribution in [-0.4, -0.2) is 19.8 Å². The predicted molar refractivity (Wildman–Crippen MR) is 38.1 cm³/mol. The summed E-state index contributed by atoms with van der Waals surface area (Å²) >= 11 is 0. The average Bonchev–Trinajstić information content (AvgIpc) is 1.89. The Balaban J connectivity index is 2.60. The highest BCUT2D eigenvalue weighted by Crippen LogP contribution is 1.87. The Morgan fingerprint density at radius 1 is 1.22 bits per heavy atom. The van der Waals surface area contributed by atoms with E-state index in [1.807, 2.05) is 0 Å². The van der Waals surface area contributed by atoms with Crippen molar-refractivity contribution >= 4 is 0 Å². The zero-order chi connectivity index (χ0) is 6.95. The molecule has 0 saturated carbocycles. The molecule has 2 heteroatoms. The fourth-order valence-corrected chi connectivity index (χ4v) is 0.553. The second-order valence-corrected chi connectivity index (χ2v) is 2.17. The van der Waals surface area contributed by atoms with Crippen molar-refractivity contribution in [2.45, 2.75) is 26.2 Å². The zero-order valence-corrected chi connectivity index (χ0v) is 6.36. The molecule has 3 N–H and O–H groups in total. The molecule has 0 aromatic rings. The monoisotopic (exact) mass is 132 g/mol. The standard InChI is InChI=1S/C7H17NO/c1-2-3-6-9-7-4-5-8/h2-8H2,1H3/p+1. The highest BCUT2D eigenvalue weighted by atomic mass is 16.5. The Morgan fingerprint density at radius 2 is 1.89 bits per heavy atom. The van der Waals surface area contributed by atoms with Gasteiger partial charge in [-0.05, 0) is 6.42 Å². The van der Waals surface area contributed by atoms with E-state index >= 15 is 0 Å². The topological polar surface area (TPSA) is 36.9 Å². The van der Waals surface area contributed by atoms with Crippen LogP contribution in [0.4, 0.5) is 0 Å². The van der Waals surface area contributed by atoms with E-state index in [0.29, 0.717) is 0 Å². The Kier molecular flexibility index (Phi) is 7.85. The Labute approximate surface area is 57.4 Å². The molecule has 0 rings (SSSR count). The molecule has 0 fully saturated rings. The van der Waals surface area contributed by atoms with Crippen molar-refractivity contribution in [3.05, 3.63) is 0 Å². The van der Waals surface area contributed by atoms with Gasteiger partial charge in [-0.1, -0.05) is 13.3 Å². The summed E-state index contributed by atoms with van der Waals surface area (Å²) in [5.41, 5.74) is 3.72. The van der Waals surface area contributed by atoms with Gasteiger partial charge in [-0.25, -0.2) is 0 Å². The maximum absolute atomic E-state index is 5.27. The Hall–Kier alpha value is -0.0800. The maximum Gasteiger partial charge on any atom is 0.0762 e. The number of quaternary nitrogens is 1. The van der Waals surface area contributed by atoms with E-state index in [4.69, 9.17) is 4.74 Å². The first-order valence-electron chi connectivity index (χ1n) is 3.78. The number of unbranched alkanes of at least 4 members (excludes halogenated alkanes) is 1. The van der Waals surface area contributed by atoms with E-state index < -0.39 is 0 Å². The normalized spacial score (nSPS) is 10.0. The van der Waals surface area contributed by atoms with E-state index in [9.17, 15) is 0 Å². The molecule has 0 atom stereocenters. The molecular formula is C7H18NO+. The van der Waals surface area contributed by atoms with Crippen molar-refractivity contribution in [1.82, 2.24) is 0 Å². The lowest BCUT2D eigenvalue weighted by atomic mass is 10.4. The molecule has 56 valence electrons. The third-order valence-corrected chi connectivity index (χ3v) is 1.18. The molecule has 0 bridgehead atoms. The summed E-state index contributed by atoms with van der Waals surface area (Å²) in [6, 6.07) is 0. The van der Waals surface area contributed by atoms with Crippen molar-refractivity contribution in [2.24, 2.45) is 0 Å². The summed E-state index contributed by atoms with van der Waals surface area (Å²) in [4.78, 5) is 0. The van der Waals surface area contributed by atoms with Crippen LogP contribution < -0.4 is 5.73 Å². The highest BCUT2D eigenvalue weighted by Gasteiger charge is 1.85. The molecule has 0 spiro atoms. The van der Waals surface area contributed by atoms with Crippen LogP contribution in [0, 0.1) is 0 Å². The van der Waals surface area contributed by atoms with Crippen LogP contribution in [0.15, 0.2) is 0 Å². The summed E-state index contributed by atoms with van der Waals surface area (Å²) in [6.07, 6.45) is 3.52. The predicted octanol–water partition coefficient (Wildman–Crippen LogP) is 0.435. The van der Waals surface area contributed by atoms with E-state index in [0.717, 1.165) is 26.2 Å². The van der Waals surface area contributed by atoms with Crippen LogP contribution >= 0.6 is 0 Å². The highest BCUT2D eigenvalue weighted by molar-refractivity contribution is 4.33. The summed E-state index contributed by atoms with van der Waals surface area (Å²) in [5.74, 6) is 0. The molecule has 0 unspecified atom stereocenters. The van der Waals surface area contributed by atoms with Crippen LogP contribution in [0.25, 0.3) is 0 Å². The van der Waals surface area contributed by atoms with Gasteiger partial charge < -0.3 is 10.5 Å². The van der Waals surface area contributed by atoms with Crippen molar-refractivity contribution in [1.29, 1.82) is 0 Å². The SMILES string of the molecule is CCCCOCCC[NH3+]. The van der Waals surface area contributed by atoms with E-state index in [2.05, 4.69) is 12.7 Å². The Bertz CT molecular complexity index is 42.2. The van der Waals surface area contributed by atoms with Gasteiger partial charge in [-0.2, -0.15) is 0 Å². The van der Waals surface area contributed by atoms with Gasteiger partial charge in [0.2, 0.25) is 0 Å². The summed E-state index contributed by atoms with van der Waals surface area (Å²) < 4.78 is 5.27. The van der Waals surface area contributed by atoms with Crippen molar-refractivity contribution in [3.8, 4) is 0 Å². The van der Waals surface area contributed by atoms with E-state index in [1.165, 1.54) is 12.8 Å². The smallest absolute Gasteiger partial charge is 0.0762 e. The van der Waals surface area contributed by atoms with Gasteiger partial charge in [0.15, 0.2) is 0 Å². The fourth-order valence-electron chi connectivity index (χ4n) is 0.553. The molecule has 0 saturated heterocycles. The van der Waals surface area contributed by atoms with Crippen LogP contribution in [0.5, 0.6) is 0 Å². The molecule has 0 aliphatic rings. The van der Waals surface area contributed by atoms with Crippen LogP contribution in [0.1, 0.15) is 26.2 Å². The molecule has 0 radical (unpaired) electrons. The van der Waals surface area contributed by atoms with Crippen molar-refractivity contribution < 1.29 is 10.5 Å². The quantitative estimate of drug-likeness (QED) is 0.523. The van der Waals surface area contributed by atoms with E-state index in [1.54, 1.807) is 0 Å². The molecule has 0 amide bonds. The number of hydrogen-bond acceptors (Lipinski definition) is 1. The molecule has 0 heterocycles. The molecule has 0 aliphatic heterocycles. The lowest BCUT2D eigenvalue weighted by molar-refractivity contribution is -0.369. The molecule has 0 aliphatic carbocycles. The lowest BCUT2D eigenvalue weighted by Crippen LogP contribution is -2.50. The number of ether oxygens (including phenoxy) is 1. The van der Waals surface area contributed by atoms with Gasteiger partial charge in [0, 0.05) is 13.0 Å². The van der Waals surface area contributed by atoms with Gasteiger partial charge in [-0.15, -0.1) is 0 Å². The summed E-state index contributed by atoms with van der Waals surface area (Å²) in [5, 5.41) is 0. The molecule has 2 nitrogen and oxygen atoms in total. The van der Waals surface area contributed by atoms with Crippen molar-refractivity contribution in [3.63, 3.8) is 0 Å². The van der Waals surface area contributed by atoms with Crippen LogP contribution in [-0.2, 0) is 4.74 Å². The van der Waals surface area contributed by atoms with Crippen molar-refractivity contribution in [2.75, 3.05) is 19.8 Å². The first-order valence-corrected chi connectivity index (χ1v) is 3.78. The van der Waals surface area contributed by atoms with Gasteiger partial charge in [0.05, 0.1) is 13.2 Å². The summed E-state index contributed by atoms with van der Waals surface area (Å²) in [7, 11) is 0. The third kappa shape index (κ3) is 7.92. The van der Waals surface area contributed by atoms with Gasteiger partial charge >= 0.3 is 0 Å². The van der Waals surface area contributed by atoms with Gasteiger partial charge in [0.1, 0.15) is 0 Å². The number of hydrogen-bond donors (Lipinski definition) is 1. The second kappa shape index (κ2) is 7.92. The third-order valence-electron chi connectivity index (χ3n) is 1.18. The largest absolute Gasteiger partial charge is 0.381 e. The first kappa shape index (κ1) is 8.92.